The van der Waals surface area contributed by atoms with Crippen LogP contribution >= 0.6 is 0 Å². The summed E-state index contributed by atoms with van der Waals surface area (Å²) in [6.45, 7) is 0. The Labute approximate surface area is 298 Å². The molecule has 3 aliphatic carbocycles. The summed E-state index contributed by atoms with van der Waals surface area (Å²) in [6, 6.07) is 71.9. The first kappa shape index (κ1) is 28.4. The molecule has 0 aromatic heterocycles. The van der Waals surface area contributed by atoms with Crippen LogP contribution in [0.15, 0.2) is 194 Å². The van der Waals surface area contributed by atoms with Crippen molar-refractivity contribution in [3.63, 3.8) is 0 Å². The van der Waals surface area contributed by atoms with E-state index in [2.05, 4.69) is 199 Å². The number of hydrogen-bond acceptors (Lipinski definition) is 1. The topological polar surface area (TPSA) is 12.0 Å². The van der Waals surface area contributed by atoms with Gasteiger partial charge in [-0.15, -0.1) is 0 Å². The first-order valence-corrected chi connectivity index (χ1v) is 17.9. The minimum absolute atomic E-state index is 0.331. The maximum absolute atomic E-state index is 3.88. The number of fused-ring (bicyclic) bond motifs is 13. The van der Waals surface area contributed by atoms with Crippen LogP contribution < -0.4 is 5.32 Å². The fourth-order valence-corrected chi connectivity index (χ4v) is 9.87. The number of hydrogen-bond donors (Lipinski definition) is 1. The lowest BCUT2D eigenvalue weighted by Gasteiger charge is -2.34. The summed E-state index contributed by atoms with van der Waals surface area (Å²) in [5.74, 6) is 0. The minimum Gasteiger partial charge on any atom is -0.355 e. The predicted molar refractivity (Wildman–Crippen MR) is 210 cm³/mol. The maximum Gasteiger partial charge on any atom is 0.0725 e. The molecule has 0 bridgehead atoms. The van der Waals surface area contributed by atoms with Gasteiger partial charge in [0.1, 0.15) is 0 Å². The van der Waals surface area contributed by atoms with Gasteiger partial charge in [-0.25, -0.2) is 0 Å². The average Bonchev–Trinajstić information content (AvgIpc) is 3.78. The van der Waals surface area contributed by atoms with Crippen LogP contribution in [0.25, 0.3) is 33.4 Å². The van der Waals surface area contributed by atoms with E-state index in [1.807, 2.05) is 0 Å². The third-order valence-electron chi connectivity index (χ3n) is 11.7. The summed E-state index contributed by atoms with van der Waals surface area (Å²) < 4.78 is 0. The Hall–Kier alpha value is -6.44. The van der Waals surface area contributed by atoms with Crippen molar-refractivity contribution in [3.05, 3.63) is 239 Å². The van der Waals surface area contributed by atoms with Gasteiger partial charge in [-0.1, -0.05) is 170 Å². The summed E-state index contributed by atoms with van der Waals surface area (Å²) >= 11 is 0. The molecule has 0 radical (unpaired) electrons. The van der Waals surface area contributed by atoms with Crippen LogP contribution in [0.3, 0.4) is 0 Å². The Morgan fingerprint density at radius 3 is 1.16 bits per heavy atom. The van der Waals surface area contributed by atoms with Crippen LogP contribution in [0, 0.1) is 0 Å². The lowest BCUT2D eigenvalue weighted by molar-refractivity contribution is 0.769. The fourth-order valence-electron chi connectivity index (χ4n) is 9.87. The normalized spacial score (nSPS) is 14.6. The summed E-state index contributed by atoms with van der Waals surface area (Å²) in [5, 5.41) is 3.88. The molecule has 0 fully saturated rings. The third kappa shape index (κ3) is 3.65. The van der Waals surface area contributed by atoms with E-state index in [0.717, 1.165) is 11.4 Å². The van der Waals surface area contributed by atoms with Gasteiger partial charge >= 0.3 is 0 Å². The quantitative estimate of drug-likeness (QED) is 0.200. The highest BCUT2D eigenvalue weighted by Gasteiger charge is 2.51. The summed E-state index contributed by atoms with van der Waals surface area (Å²) in [7, 11) is 0. The van der Waals surface area contributed by atoms with Crippen molar-refractivity contribution in [1.29, 1.82) is 0 Å². The zero-order chi connectivity index (χ0) is 33.6. The van der Waals surface area contributed by atoms with Gasteiger partial charge in [-0.3, -0.25) is 0 Å². The molecule has 1 N–H and O–H groups in total. The predicted octanol–water partition coefficient (Wildman–Crippen LogP) is 12.1. The molecule has 1 nitrogen and oxygen atoms in total. The highest BCUT2D eigenvalue weighted by atomic mass is 14.9. The van der Waals surface area contributed by atoms with Crippen molar-refractivity contribution in [2.75, 3.05) is 5.32 Å². The standard InChI is InChI=1S/C50H33N/c1-3-15-33(16-4-1)49(34-17-5-2-6-18-34)43-23-11-7-21-39(43)41-29-27-36(32-48(41)49)51-35-28-30-47-42(31-35)40-22-10-14-26-46(40)50(47)44-24-12-8-19-37(44)38-20-9-13-25-45(38)50/h1-32,51H. The molecule has 3 aliphatic rings. The Morgan fingerprint density at radius 2 is 0.627 bits per heavy atom. The number of nitrogens with one attached hydrogen (secondary N) is 1. The van der Waals surface area contributed by atoms with Crippen molar-refractivity contribution in [3.8, 4) is 33.4 Å². The van der Waals surface area contributed by atoms with Gasteiger partial charge in [0.2, 0.25) is 0 Å². The monoisotopic (exact) mass is 647 g/mol. The zero-order valence-corrected chi connectivity index (χ0v) is 28.0. The molecule has 0 amide bonds. The first-order chi connectivity index (χ1) is 25.3. The smallest absolute Gasteiger partial charge is 0.0725 e. The highest BCUT2D eigenvalue weighted by molar-refractivity contribution is 5.96. The Kier molecular flexibility index (Phi) is 5.86. The summed E-state index contributed by atoms with van der Waals surface area (Å²) in [5.41, 5.74) is 19.9. The van der Waals surface area contributed by atoms with Crippen molar-refractivity contribution in [1.82, 2.24) is 0 Å². The molecule has 51 heavy (non-hydrogen) atoms. The van der Waals surface area contributed by atoms with Crippen LogP contribution in [0.2, 0.25) is 0 Å². The zero-order valence-electron chi connectivity index (χ0n) is 28.0. The second kappa shape index (κ2) is 10.5. The Bertz CT molecular complexity index is 2580. The average molecular weight is 648 g/mol. The fraction of sp³-hybridized carbons (Fsp3) is 0.0400. The Morgan fingerprint density at radius 1 is 0.255 bits per heavy atom. The van der Waals surface area contributed by atoms with Gasteiger partial charge in [0.05, 0.1) is 10.8 Å². The number of anilines is 2. The summed E-state index contributed by atoms with van der Waals surface area (Å²) in [6.07, 6.45) is 0. The van der Waals surface area contributed by atoms with Gasteiger partial charge in [-0.05, 0) is 102 Å². The van der Waals surface area contributed by atoms with Crippen LogP contribution in [0.5, 0.6) is 0 Å². The molecule has 0 aliphatic heterocycles. The molecular formula is C50H33N. The molecule has 0 heterocycles. The minimum atomic E-state index is -0.432. The highest BCUT2D eigenvalue weighted by Crippen LogP contribution is 2.63. The van der Waals surface area contributed by atoms with Gasteiger partial charge in [0.15, 0.2) is 0 Å². The lowest BCUT2D eigenvalue weighted by Crippen LogP contribution is -2.28. The van der Waals surface area contributed by atoms with E-state index in [4.69, 9.17) is 0 Å². The number of rotatable bonds is 4. The molecule has 1 spiro atoms. The van der Waals surface area contributed by atoms with Crippen molar-refractivity contribution < 1.29 is 0 Å². The van der Waals surface area contributed by atoms with Crippen LogP contribution in [0.4, 0.5) is 11.4 Å². The van der Waals surface area contributed by atoms with E-state index in [9.17, 15) is 0 Å². The summed E-state index contributed by atoms with van der Waals surface area (Å²) in [4.78, 5) is 0. The molecule has 0 atom stereocenters. The van der Waals surface area contributed by atoms with Crippen molar-refractivity contribution >= 4 is 11.4 Å². The molecule has 8 aromatic carbocycles. The second-order valence-corrected chi connectivity index (χ2v) is 14.1. The van der Waals surface area contributed by atoms with E-state index >= 15 is 0 Å². The van der Waals surface area contributed by atoms with Crippen LogP contribution in [-0.4, -0.2) is 0 Å². The van der Waals surface area contributed by atoms with Crippen molar-refractivity contribution in [2.24, 2.45) is 0 Å². The molecule has 0 unspecified atom stereocenters. The van der Waals surface area contributed by atoms with E-state index in [0.29, 0.717) is 0 Å². The maximum atomic E-state index is 3.88. The first-order valence-electron chi connectivity index (χ1n) is 17.9. The number of benzene rings is 8. The molecule has 0 saturated carbocycles. The van der Waals surface area contributed by atoms with Gasteiger partial charge in [0.25, 0.3) is 0 Å². The van der Waals surface area contributed by atoms with E-state index in [-0.39, 0.29) is 5.41 Å². The second-order valence-electron chi connectivity index (χ2n) is 14.1. The molecule has 8 aromatic rings. The van der Waals surface area contributed by atoms with Gasteiger partial charge < -0.3 is 5.32 Å². The molecular weight excluding hydrogens is 615 g/mol. The Balaban J connectivity index is 1.08. The van der Waals surface area contributed by atoms with Crippen molar-refractivity contribution in [2.45, 2.75) is 10.8 Å². The molecule has 1 heteroatoms. The SMILES string of the molecule is c1ccc(C2(c3ccccc3)c3ccccc3-c3ccc(Nc4ccc5c(c4)-c4ccccc4C54c5ccccc5-c5ccccc54)cc32)cc1. The van der Waals surface area contributed by atoms with Gasteiger partial charge in [-0.2, -0.15) is 0 Å². The van der Waals surface area contributed by atoms with E-state index in [1.165, 1.54) is 77.9 Å². The lowest BCUT2D eigenvalue weighted by atomic mass is 9.67. The van der Waals surface area contributed by atoms with Gasteiger partial charge in [0, 0.05) is 11.4 Å². The third-order valence-corrected chi connectivity index (χ3v) is 11.7. The van der Waals surface area contributed by atoms with E-state index < -0.39 is 5.41 Å². The molecule has 238 valence electrons. The van der Waals surface area contributed by atoms with Crippen LogP contribution in [-0.2, 0) is 10.8 Å². The largest absolute Gasteiger partial charge is 0.355 e. The van der Waals surface area contributed by atoms with E-state index in [1.54, 1.807) is 0 Å². The molecule has 11 rings (SSSR count). The molecule has 0 saturated heterocycles. The van der Waals surface area contributed by atoms with Crippen LogP contribution in [0.1, 0.15) is 44.5 Å².